The number of hydrogen-bond donors (Lipinski definition) is 0. The van der Waals surface area contributed by atoms with Crippen molar-refractivity contribution in [3.63, 3.8) is 0 Å². The fraction of sp³-hybridized carbons (Fsp3) is 0.600. The van der Waals surface area contributed by atoms with Gasteiger partial charge in [-0.05, 0) is 48.9 Å². The van der Waals surface area contributed by atoms with Crippen LogP contribution in [0.3, 0.4) is 0 Å². The molecule has 0 aromatic carbocycles. The van der Waals surface area contributed by atoms with Gasteiger partial charge >= 0.3 is 0 Å². The van der Waals surface area contributed by atoms with Crippen LogP contribution in [0.2, 0.25) is 0 Å². The van der Waals surface area contributed by atoms with Crippen LogP contribution in [-0.4, -0.2) is 10.5 Å². The maximum absolute atomic E-state index is 11.2. The van der Waals surface area contributed by atoms with E-state index >= 15 is 0 Å². The molecule has 0 saturated heterocycles. The molecule has 0 heterocycles. The van der Waals surface area contributed by atoms with Gasteiger partial charge in [0.2, 0.25) is 10.5 Å². The fourth-order valence-electron chi connectivity index (χ4n) is 2.07. The number of carbonyl (C=O) groups is 2. The van der Waals surface area contributed by atoms with Crippen LogP contribution in [0.15, 0.2) is 12.2 Å². The Morgan fingerprint density at radius 3 is 2.29 bits per heavy atom. The van der Waals surface area contributed by atoms with E-state index in [4.69, 9.17) is 23.2 Å². The summed E-state index contributed by atoms with van der Waals surface area (Å²) in [5, 5.41) is -0.902. The third-order valence-electron chi connectivity index (χ3n) is 2.70. The molecule has 4 heteroatoms. The third-order valence-corrected chi connectivity index (χ3v) is 3.23. The van der Waals surface area contributed by atoms with E-state index < -0.39 is 22.3 Å². The van der Waals surface area contributed by atoms with E-state index in [1.807, 2.05) is 19.1 Å². The zero-order chi connectivity index (χ0) is 10.7. The van der Waals surface area contributed by atoms with E-state index in [0.717, 1.165) is 6.42 Å². The summed E-state index contributed by atoms with van der Waals surface area (Å²) >= 11 is 10.9. The average molecular weight is 235 g/mol. The van der Waals surface area contributed by atoms with E-state index in [2.05, 4.69) is 0 Å². The lowest BCUT2D eigenvalue weighted by atomic mass is 9.91. The second kappa shape index (κ2) is 4.94. The molecule has 0 aromatic rings. The molecule has 0 radical (unpaired) electrons. The van der Waals surface area contributed by atoms with Crippen molar-refractivity contribution in [2.75, 3.05) is 0 Å². The first-order valence-electron chi connectivity index (χ1n) is 4.59. The smallest absolute Gasteiger partial charge is 0.226 e. The van der Waals surface area contributed by atoms with Gasteiger partial charge in [0.05, 0.1) is 5.92 Å². The van der Waals surface area contributed by atoms with Gasteiger partial charge in [-0.3, -0.25) is 9.59 Å². The van der Waals surface area contributed by atoms with Gasteiger partial charge in [0.15, 0.2) is 0 Å². The third kappa shape index (κ3) is 2.37. The zero-order valence-corrected chi connectivity index (χ0v) is 9.39. The summed E-state index contributed by atoms with van der Waals surface area (Å²) in [6.45, 7) is 1.88. The number of rotatable bonds is 3. The van der Waals surface area contributed by atoms with Crippen LogP contribution in [0.4, 0.5) is 0 Å². The Hall–Kier alpha value is -0.340. The molecule has 0 aliphatic heterocycles. The van der Waals surface area contributed by atoms with Crippen LogP contribution in [0, 0.1) is 17.8 Å². The largest absolute Gasteiger partial charge is 0.281 e. The zero-order valence-electron chi connectivity index (χ0n) is 7.87. The predicted octanol–water partition coefficient (Wildman–Crippen LogP) is 2.74. The normalized spacial score (nSPS) is 32.4. The standard InChI is InChI=1S/C10H12Cl2O2/c1-2-3-6-4-5-7(9(11)13)8(6)10(12)14/h2-3,6-8H,4-5H2,1H3/b3-2-. The highest BCUT2D eigenvalue weighted by Gasteiger charge is 2.41. The van der Waals surface area contributed by atoms with Gasteiger partial charge in [0, 0.05) is 5.92 Å². The van der Waals surface area contributed by atoms with Gasteiger partial charge < -0.3 is 0 Å². The van der Waals surface area contributed by atoms with Crippen LogP contribution in [0.25, 0.3) is 0 Å². The summed E-state index contributed by atoms with van der Waals surface area (Å²) in [7, 11) is 0. The van der Waals surface area contributed by atoms with E-state index in [1.165, 1.54) is 0 Å². The number of hydrogen-bond acceptors (Lipinski definition) is 2. The topological polar surface area (TPSA) is 34.1 Å². The van der Waals surface area contributed by atoms with E-state index in [-0.39, 0.29) is 5.92 Å². The summed E-state index contributed by atoms with van der Waals surface area (Å²) in [6.07, 6.45) is 5.25. The molecular formula is C10H12Cl2O2. The lowest BCUT2D eigenvalue weighted by molar-refractivity contribution is -0.123. The lowest BCUT2D eigenvalue weighted by Gasteiger charge is -2.15. The molecule has 1 fully saturated rings. The Morgan fingerprint density at radius 2 is 1.86 bits per heavy atom. The second-order valence-electron chi connectivity index (χ2n) is 3.51. The minimum absolute atomic E-state index is 0.0673. The van der Waals surface area contributed by atoms with E-state index in [0.29, 0.717) is 6.42 Å². The Morgan fingerprint density at radius 1 is 1.21 bits per heavy atom. The molecule has 0 bridgehead atoms. The van der Waals surface area contributed by atoms with Crippen LogP contribution >= 0.6 is 23.2 Å². The van der Waals surface area contributed by atoms with Gasteiger partial charge in [-0.1, -0.05) is 12.2 Å². The molecule has 2 nitrogen and oxygen atoms in total. The number of carbonyl (C=O) groups excluding carboxylic acids is 2. The van der Waals surface area contributed by atoms with Crippen molar-refractivity contribution in [1.29, 1.82) is 0 Å². The van der Waals surface area contributed by atoms with Crippen molar-refractivity contribution in [2.24, 2.45) is 17.8 Å². The predicted molar refractivity (Wildman–Crippen MR) is 56.2 cm³/mol. The molecule has 1 aliphatic rings. The second-order valence-corrected chi connectivity index (χ2v) is 4.25. The van der Waals surface area contributed by atoms with Crippen molar-refractivity contribution in [1.82, 2.24) is 0 Å². The molecule has 0 N–H and O–H groups in total. The van der Waals surface area contributed by atoms with Gasteiger partial charge in [0.1, 0.15) is 0 Å². The summed E-state index contributed by atoms with van der Waals surface area (Å²) in [5.41, 5.74) is 0. The molecule has 0 spiro atoms. The summed E-state index contributed by atoms with van der Waals surface area (Å²) < 4.78 is 0. The highest BCUT2D eigenvalue weighted by atomic mass is 35.5. The maximum Gasteiger partial charge on any atom is 0.226 e. The molecule has 1 saturated carbocycles. The highest BCUT2D eigenvalue weighted by molar-refractivity contribution is 6.66. The van der Waals surface area contributed by atoms with Crippen LogP contribution < -0.4 is 0 Å². The van der Waals surface area contributed by atoms with Gasteiger partial charge in [-0.25, -0.2) is 0 Å². The summed E-state index contributed by atoms with van der Waals surface area (Å²) in [4.78, 5) is 22.2. The minimum Gasteiger partial charge on any atom is -0.281 e. The molecule has 1 aliphatic carbocycles. The quantitative estimate of drug-likeness (QED) is 0.556. The Bertz CT molecular complexity index is 273. The van der Waals surface area contributed by atoms with Crippen molar-refractivity contribution >= 4 is 33.7 Å². The molecule has 14 heavy (non-hydrogen) atoms. The van der Waals surface area contributed by atoms with Crippen molar-refractivity contribution in [2.45, 2.75) is 19.8 Å². The molecular weight excluding hydrogens is 223 g/mol. The molecule has 0 amide bonds. The molecule has 1 rings (SSSR count). The van der Waals surface area contributed by atoms with Crippen molar-refractivity contribution in [3.8, 4) is 0 Å². The van der Waals surface area contributed by atoms with Crippen LogP contribution in [0.1, 0.15) is 19.8 Å². The minimum atomic E-state index is -0.454. The summed E-state index contributed by atoms with van der Waals surface area (Å²) in [5.74, 6) is -0.765. The number of halogens is 2. The molecule has 78 valence electrons. The van der Waals surface area contributed by atoms with Crippen molar-refractivity contribution in [3.05, 3.63) is 12.2 Å². The Balaban J connectivity index is 2.84. The van der Waals surface area contributed by atoms with Gasteiger partial charge in [-0.15, -0.1) is 0 Å². The monoisotopic (exact) mass is 234 g/mol. The Kier molecular flexibility index (Phi) is 4.14. The first kappa shape index (κ1) is 11.7. The average Bonchev–Trinajstić information content (AvgIpc) is 2.48. The maximum atomic E-state index is 11.2. The molecule has 3 unspecified atom stereocenters. The first-order chi connectivity index (χ1) is 6.57. The Labute approximate surface area is 93.3 Å². The highest BCUT2D eigenvalue weighted by Crippen LogP contribution is 2.40. The number of allylic oxidation sites excluding steroid dienone is 2. The van der Waals surface area contributed by atoms with Crippen molar-refractivity contribution < 1.29 is 9.59 Å². The van der Waals surface area contributed by atoms with Gasteiger partial charge in [0.25, 0.3) is 0 Å². The SMILES string of the molecule is C/C=C\C1CCC(C(=O)Cl)C1C(=O)Cl. The molecule has 0 aromatic heterocycles. The van der Waals surface area contributed by atoms with E-state index in [1.54, 1.807) is 0 Å². The fourth-order valence-corrected chi connectivity index (χ4v) is 2.63. The van der Waals surface area contributed by atoms with Crippen LogP contribution in [-0.2, 0) is 9.59 Å². The molecule has 3 atom stereocenters. The lowest BCUT2D eigenvalue weighted by Crippen LogP contribution is -2.23. The summed E-state index contributed by atoms with van der Waals surface area (Å²) in [6, 6.07) is 0. The first-order valence-corrected chi connectivity index (χ1v) is 5.35. The van der Waals surface area contributed by atoms with E-state index in [9.17, 15) is 9.59 Å². The van der Waals surface area contributed by atoms with Crippen LogP contribution in [0.5, 0.6) is 0 Å². The van der Waals surface area contributed by atoms with Gasteiger partial charge in [-0.2, -0.15) is 0 Å².